The van der Waals surface area contributed by atoms with E-state index in [-0.39, 0.29) is 5.82 Å². The van der Waals surface area contributed by atoms with Crippen molar-refractivity contribution in [2.45, 2.75) is 6.54 Å². The minimum Gasteiger partial charge on any atom is -0.478 e. The van der Waals surface area contributed by atoms with E-state index in [0.29, 0.717) is 12.2 Å². The number of fused-ring (bicyclic) bond motifs is 1. The van der Waals surface area contributed by atoms with Crippen molar-refractivity contribution in [2.75, 3.05) is 14.1 Å². The zero-order chi connectivity index (χ0) is 21.6. The lowest BCUT2D eigenvalue weighted by Crippen LogP contribution is -2.10. The topological polar surface area (TPSA) is 82.8 Å². The number of hydrogen-bond acceptors (Lipinski definition) is 3. The van der Waals surface area contributed by atoms with E-state index >= 15 is 0 Å². The molecule has 0 bridgehead atoms. The van der Waals surface area contributed by atoms with Crippen LogP contribution < -0.4 is 0 Å². The molecule has 0 saturated carbocycles. The lowest BCUT2D eigenvalue weighted by atomic mass is 10.1. The molecule has 0 aliphatic heterocycles. The normalized spacial score (nSPS) is 10.9. The van der Waals surface area contributed by atoms with Crippen LogP contribution in [0.25, 0.3) is 16.6 Å². The van der Waals surface area contributed by atoms with Crippen molar-refractivity contribution in [2.24, 2.45) is 0 Å². The van der Waals surface area contributed by atoms with Crippen molar-refractivity contribution in [1.29, 1.82) is 0 Å². The molecule has 2 aromatic carbocycles. The summed E-state index contributed by atoms with van der Waals surface area (Å²) in [6, 6.07) is 12.4. The summed E-state index contributed by atoms with van der Waals surface area (Å²) in [5.41, 5.74) is 3.21. The molecule has 0 atom stereocenters. The molecule has 2 N–H and O–H groups in total. The third-order valence-electron chi connectivity index (χ3n) is 3.81. The molecule has 0 unspecified atom stereocenters. The Balaban J connectivity index is 0.000000321. The van der Waals surface area contributed by atoms with Gasteiger partial charge in [0.25, 0.3) is 0 Å². The summed E-state index contributed by atoms with van der Waals surface area (Å²) in [6.07, 6.45) is 3.21. The number of carboxylic acid groups (broad SMARTS) is 2. The van der Waals surface area contributed by atoms with Gasteiger partial charge in [0.1, 0.15) is 5.82 Å². The maximum absolute atomic E-state index is 13.1. The Morgan fingerprint density at radius 2 is 1.66 bits per heavy atom. The number of halogens is 2. The smallest absolute Gasteiger partial charge is 0.328 e. The summed E-state index contributed by atoms with van der Waals surface area (Å²) in [7, 11) is 4.07. The van der Waals surface area contributed by atoms with E-state index in [2.05, 4.69) is 15.7 Å². The average Bonchev–Trinajstić information content (AvgIpc) is 2.98. The van der Waals surface area contributed by atoms with Gasteiger partial charge in [0.2, 0.25) is 0 Å². The largest absolute Gasteiger partial charge is 0.478 e. The Labute approximate surface area is 172 Å². The minimum absolute atomic E-state index is 0.230. The van der Waals surface area contributed by atoms with Crippen molar-refractivity contribution < 1.29 is 24.2 Å². The highest BCUT2D eigenvalue weighted by Crippen LogP contribution is 2.28. The maximum atomic E-state index is 13.1. The molecule has 0 aliphatic carbocycles. The lowest BCUT2D eigenvalue weighted by Gasteiger charge is -2.07. The van der Waals surface area contributed by atoms with Crippen LogP contribution in [0.15, 0.2) is 60.8 Å². The second-order valence-corrected chi connectivity index (χ2v) is 6.85. The van der Waals surface area contributed by atoms with Gasteiger partial charge in [-0.1, -0.05) is 11.6 Å². The molecule has 0 aliphatic rings. The second-order valence-electron chi connectivity index (χ2n) is 6.41. The first-order chi connectivity index (χ1) is 13.7. The van der Waals surface area contributed by atoms with Gasteiger partial charge in [-0.15, -0.1) is 0 Å². The van der Waals surface area contributed by atoms with E-state index in [9.17, 15) is 14.0 Å². The Morgan fingerprint density at radius 1 is 1.07 bits per heavy atom. The Morgan fingerprint density at radius 3 is 2.17 bits per heavy atom. The molecule has 0 radical (unpaired) electrons. The molecule has 0 saturated heterocycles. The molecule has 0 amide bonds. The number of carbonyl (C=O) groups is 2. The molecule has 8 heteroatoms. The number of rotatable bonds is 5. The molecule has 3 rings (SSSR count). The number of hydrogen-bond donors (Lipinski definition) is 2. The highest BCUT2D eigenvalue weighted by Gasteiger charge is 2.11. The molecule has 0 fully saturated rings. The first-order valence-corrected chi connectivity index (χ1v) is 8.89. The van der Waals surface area contributed by atoms with Crippen LogP contribution in [0.2, 0.25) is 5.02 Å². The van der Waals surface area contributed by atoms with Crippen LogP contribution in [0, 0.1) is 5.82 Å². The molecule has 3 aromatic rings. The van der Waals surface area contributed by atoms with Crippen LogP contribution in [-0.4, -0.2) is 45.7 Å². The number of benzene rings is 2. The summed E-state index contributed by atoms with van der Waals surface area (Å²) >= 11 is 6.13. The summed E-state index contributed by atoms with van der Waals surface area (Å²) in [5, 5.41) is 17.5. The van der Waals surface area contributed by atoms with Gasteiger partial charge in [-0.3, -0.25) is 0 Å². The fourth-order valence-corrected chi connectivity index (χ4v) is 2.87. The number of carboxylic acids is 2. The van der Waals surface area contributed by atoms with E-state index < -0.39 is 11.9 Å². The van der Waals surface area contributed by atoms with E-state index in [4.69, 9.17) is 21.8 Å². The van der Waals surface area contributed by atoms with Crippen LogP contribution in [0.3, 0.4) is 0 Å². The van der Waals surface area contributed by atoms with Gasteiger partial charge in [0, 0.05) is 41.0 Å². The van der Waals surface area contributed by atoms with E-state index in [1.165, 1.54) is 17.7 Å². The quantitative estimate of drug-likeness (QED) is 0.607. The maximum Gasteiger partial charge on any atom is 0.328 e. The van der Waals surface area contributed by atoms with E-state index in [1.54, 1.807) is 12.1 Å². The van der Waals surface area contributed by atoms with Gasteiger partial charge in [-0.25, -0.2) is 14.0 Å². The van der Waals surface area contributed by atoms with Gasteiger partial charge >= 0.3 is 11.9 Å². The van der Waals surface area contributed by atoms with Gasteiger partial charge < -0.3 is 19.7 Å². The zero-order valence-electron chi connectivity index (χ0n) is 15.8. The molecule has 29 heavy (non-hydrogen) atoms. The van der Waals surface area contributed by atoms with E-state index in [1.807, 2.05) is 32.3 Å². The van der Waals surface area contributed by atoms with Gasteiger partial charge in [-0.2, -0.15) is 0 Å². The fourth-order valence-electron chi connectivity index (χ4n) is 2.70. The van der Waals surface area contributed by atoms with Crippen LogP contribution in [-0.2, 0) is 16.1 Å². The first kappa shape index (κ1) is 22.1. The number of aromatic nitrogens is 1. The average molecular weight is 419 g/mol. The lowest BCUT2D eigenvalue weighted by molar-refractivity contribution is -0.134. The van der Waals surface area contributed by atoms with Crippen molar-refractivity contribution >= 4 is 34.4 Å². The summed E-state index contributed by atoms with van der Waals surface area (Å²) in [4.78, 5) is 21.2. The van der Waals surface area contributed by atoms with Crippen LogP contribution in [0.5, 0.6) is 0 Å². The predicted octanol–water partition coefficient (Wildman–Crippen LogP) is 4.20. The van der Waals surface area contributed by atoms with Crippen LogP contribution in [0.1, 0.15) is 5.56 Å². The minimum atomic E-state index is -1.26. The highest BCUT2D eigenvalue weighted by atomic mass is 35.5. The summed E-state index contributed by atoms with van der Waals surface area (Å²) in [5.74, 6) is -2.74. The second kappa shape index (κ2) is 9.86. The number of nitrogens with zero attached hydrogens (tertiary/aromatic N) is 2. The Hall–Kier alpha value is -3.16. The molecule has 0 spiro atoms. The third-order valence-corrected chi connectivity index (χ3v) is 4.04. The van der Waals surface area contributed by atoms with Gasteiger partial charge in [0.15, 0.2) is 0 Å². The Bertz CT molecular complexity index is 1030. The molecule has 1 heterocycles. The Kier molecular flexibility index (Phi) is 7.52. The molecule has 6 nitrogen and oxygen atoms in total. The predicted molar refractivity (Wildman–Crippen MR) is 110 cm³/mol. The van der Waals surface area contributed by atoms with Crippen LogP contribution in [0.4, 0.5) is 4.39 Å². The molecular weight excluding hydrogens is 399 g/mol. The fraction of sp³-hybridized carbons (Fsp3) is 0.143. The summed E-state index contributed by atoms with van der Waals surface area (Å²) < 4.78 is 15.2. The van der Waals surface area contributed by atoms with E-state index in [0.717, 1.165) is 28.2 Å². The van der Waals surface area contributed by atoms with Gasteiger partial charge in [-0.05, 0) is 62.1 Å². The molecule has 152 valence electrons. The van der Waals surface area contributed by atoms with Crippen molar-refractivity contribution in [3.63, 3.8) is 0 Å². The SMILES string of the molecule is CN(C)Cc1cn(-c2ccc(F)cc2)c2ccc(Cl)cc12.O=C(O)/C=C\C(=O)O. The van der Waals surface area contributed by atoms with Crippen LogP contribution >= 0.6 is 11.6 Å². The summed E-state index contributed by atoms with van der Waals surface area (Å²) in [6.45, 7) is 0.824. The first-order valence-electron chi connectivity index (χ1n) is 8.51. The van der Waals surface area contributed by atoms with Crippen molar-refractivity contribution in [3.8, 4) is 5.69 Å². The van der Waals surface area contributed by atoms with Gasteiger partial charge in [0.05, 0.1) is 5.52 Å². The number of aliphatic carboxylic acids is 2. The van der Waals surface area contributed by atoms with Crippen molar-refractivity contribution in [3.05, 3.63) is 77.2 Å². The highest BCUT2D eigenvalue weighted by molar-refractivity contribution is 6.31. The third kappa shape index (κ3) is 6.44. The monoisotopic (exact) mass is 418 g/mol. The molecule has 1 aromatic heterocycles. The zero-order valence-corrected chi connectivity index (χ0v) is 16.6. The van der Waals surface area contributed by atoms with Crippen molar-refractivity contribution in [1.82, 2.24) is 9.47 Å². The molecular formula is C21H20ClFN2O4. The standard InChI is InChI=1S/C17H16ClFN2.C4H4O4/c1-20(2)10-12-11-21(15-6-4-14(19)5-7-15)17-8-3-13(18)9-16(12)17;5-3(6)1-2-4(7)8/h3-9,11H,10H2,1-2H3;1-2H,(H,5,6)(H,7,8)/b;2-1-.